The molecule has 4 nitrogen and oxygen atoms in total. The molecule has 0 amide bonds. The number of methoxy groups -OCH3 is 1. The molecule has 0 bridgehead atoms. The Morgan fingerprint density at radius 2 is 1.94 bits per heavy atom. The Labute approximate surface area is 102 Å². The molecule has 0 spiro atoms. The Bertz CT molecular complexity index is 313. The average molecular weight is 239 g/mol. The lowest BCUT2D eigenvalue weighted by Gasteiger charge is -2.21. The molecule has 96 valence electrons. The van der Waals surface area contributed by atoms with Gasteiger partial charge >= 0.3 is 0 Å². The fourth-order valence-electron chi connectivity index (χ4n) is 1.80. The molecule has 0 aliphatic carbocycles. The first-order valence-corrected chi connectivity index (χ1v) is 5.79. The van der Waals surface area contributed by atoms with Gasteiger partial charge in [0, 0.05) is 13.2 Å². The zero-order valence-corrected chi connectivity index (χ0v) is 10.4. The summed E-state index contributed by atoms with van der Waals surface area (Å²) in [5.41, 5.74) is 1.15. The van der Waals surface area contributed by atoms with Gasteiger partial charge in [0.25, 0.3) is 0 Å². The van der Waals surface area contributed by atoms with Crippen molar-refractivity contribution in [1.82, 2.24) is 5.32 Å². The van der Waals surface area contributed by atoms with Crippen molar-refractivity contribution in [3.63, 3.8) is 0 Å². The van der Waals surface area contributed by atoms with E-state index in [1.807, 2.05) is 12.1 Å². The van der Waals surface area contributed by atoms with Crippen LogP contribution in [0.3, 0.4) is 0 Å². The van der Waals surface area contributed by atoms with E-state index in [1.54, 1.807) is 19.2 Å². The molecule has 0 fully saturated rings. The average Bonchev–Trinajstić information content (AvgIpc) is 2.31. The smallest absolute Gasteiger partial charge is 0.115 e. The van der Waals surface area contributed by atoms with E-state index in [-0.39, 0.29) is 24.4 Å². The van der Waals surface area contributed by atoms with Crippen LogP contribution in [-0.4, -0.2) is 42.6 Å². The molecular formula is C13H21NO3. The summed E-state index contributed by atoms with van der Waals surface area (Å²) in [6.07, 6.45) is 0.848. The molecule has 0 aliphatic rings. The molecule has 0 heterocycles. The first-order chi connectivity index (χ1) is 8.15. The van der Waals surface area contributed by atoms with Crippen molar-refractivity contribution in [2.24, 2.45) is 0 Å². The van der Waals surface area contributed by atoms with Crippen LogP contribution in [-0.2, 0) is 11.2 Å². The zero-order chi connectivity index (χ0) is 12.7. The lowest BCUT2D eigenvalue weighted by molar-refractivity contribution is 0.123. The maximum absolute atomic E-state index is 9.18. The third kappa shape index (κ3) is 5.17. The molecule has 4 heteroatoms. The first kappa shape index (κ1) is 14.0. The number of hydrogen-bond acceptors (Lipinski definition) is 4. The summed E-state index contributed by atoms with van der Waals surface area (Å²) in [7, 11) is 1.62. The normalized spacial score (nSPS) is 14.5. The van der Waals surface area contributed by atoms with Crippen LogP contribution >= 0.6 is 0 Å². The van der Waals surface area contributed by atoms with Gasteiger partial charge in [-0.25, -0.2) is 0 Å². The van der Waals surface area contributed by atoms with E-state index in [4.69, 9.17) is 9.84 Å². The highest BCUT2D eigenvalue weighted by Gasteiger charge is 2.11. The standard InChI is InChI=1S/C13H21NO3/c1-10(14-12(8-15)9-17-2)7-11-3-5-13(16)6-4-11/h3-6,10,12,14-16H,7-9H2,1-2H3. The van der Waals surface area contributed by atoms with Crippen LogP contribution in [0.4, 0.5) is 0 Å². The summed E-state index contributed by atoms with van der Waals surface area (Å²) in [6.45, 7) is 2.62. The van der Waals surface area contributed by atoms with E-state index in [9.17, 15) is 5.11 Å². The molecular weight excluding hydrogens is 218 g/mol. The highest BCUT2D eigenvalue weighted by molar-refractivity contribution is 5.26. The van der Waals surface area contributed by atoms with Crippen molar-refractivity contribution in [3.05, 3.63) is 29.8 Å². The number of nitrogens with one attached hydrogen (secondary N) is 1. The van der Waals surface area contributed by atoms with Gasteiger partial charge in [-0.05, 0) is 31.0 Å². The molecule has 1 aromatic rings. The van der Waals surface area contributed by atoms with E-state index in [1.165, 1.54) is 0 Å². The SMILES string of the molecule is COCC(CO)NC(C)Cc1ccc(O)cc1. The fraction of sp³-hybridized carbons (Fsp3) is 0.538. The molecule has 1 aromatic carbocycles. The second-order valence-corrected chi connectivity index (χ2v) is 4.27. The van der Waals surface area contributed by atoms with Crippen LogP contribution in [0.5, 0.6) is 5.75 Å². The van der Waals surface area contributed by atoms with Gasteiger partial charge in [-0.15, -0.1) is 0 Å². The highest BCUT2D eigenvalue weighted by Crippen LogP contribution is 2.11. The Morgan fingerprint density at radius 1 is 1.29 bits per heavy atom. The number of phenolic OH excluding ortho intramolecular Hbond substituents is 1. The number of phenols is 1. The summed E-state index contributed by atoms with van der Waals surface area (Å²) in [6, 6.07) is 7.37. The van der Waals surface area contributed by atoms with Gasteiger partial charge < -0.3 is 20.3 Å². The van der Waals surface area contributed by atoms with Crippen molar-refractivity contribution < 1.29 is 14.9 Å². The van der Waals surface area contributed by atoms with Crippen molar-refractivity contribution in [1.29, 1.82) is 0 Å². The van der Waals surface area contributed by atoms with E-state index < -0.39 is 0 Å². The number of ether oxygens (including phenoxy) is 1. The van der Waals surface area contributed by atoms with Crippen molar-refractivity contribution in [2.75, 3.05) is 20.3 Å². The molecule has 0 saturated carbocycles. The van der Waals surface area contributed by atoms with Crippen LogP contribution in [0.25, 0.3) is 0 Å². The Hall–Kier alpha value is -1.10. The number of hydrogen-bond donors (Lipinski definition) is 3. The second kappa shape index (κ2) is 7.27. The molecule has 2 atom stereocenters. The molecule has 0 aromatic heterocycles. The van der Waals surface area contributed by atoms with Gasteiger partial charge in [-0.2, -0.15) is 0 Å². The zero-order valence-electron chi connectivity index (χ0n) is 10.4. The summed E-state index contributed by atoms with van der Waals surface area (Å²) in [5.74, 6) is 0.280. The van der Waals surface area contributed by atoms with Crippen molar-refractivity contribution in [3.8, 4) is 5.75 Å². The van der Waals surface area contributed by atoms with Gasteiger partial charge in [-0.1, -0.05) is 12.1 Å². The van der Waals surface area contributed by atoms with Gasteiger partial charge in [0.1, 0.15) is 5.75 Å². The number of aromatic hydroxyl groups is 1. The number of rotatable bonds is 7. The summed E-state index contributed by atoms with van der Waals surface area (Å²) in [5, 5.41) is 21.6. The van der Waals surface area contributed by atoms with Crippen LogP contribution in [0.2, 0.25) is 0 Å². The Morgan fingerprint density at radius 3 is 2.47 bits per heavy atom. The van der Waals surface area contributed by atoms with E-state index in [2.05, 4.69) is 12.2 Å². The third-order valence-corrected chi connectivity index (χ3v) is 2.59. The fourth-order valence-corrected chi connectivity index (χ4v) is 1.80. The van der Waals surface area contributed by atoms with E-state index >= 15 is 0 Å². The van der Waals surface area contributed by atoms with Crippen molar-refractivity contribution >= 4 is 0 Å². The topological polar surface area (TPSA) is 61.7 Å². The molecule has 0 radical (unpaired) electrons. The van der Waals surface area contributed by atoms with Crippen LogP contribution in [0, 0.1) is 0 Å². The second-order valence-electron chi connectivity index (χ2n) is 4.27. The predicted molar refractivity (Wildman–Crippen MR) is 67.2 cm³/mol. The highest BCUT2D eigenvalue weighted by atomic mass is 16.5. The van der Waals surface area contributed by atoms with Crippen LogP contribution in [0.15, 0.2) is 24.3 Å². The minimum atomic E-state index is -0.0351. The predicted octanol–water partition coefficient (Wildman–Crippen LogP) is 0.920. The van der Waals surface area contributed by atoms with Gasteiger partial charge in [0.15, 0.2) is 0 Å². The lowest BCUT2D eigenvalue weighted by atomic mass is 10.1. The lowest BCUT2D eigenvalue weighted by Crippen LogP contribution is -2.42. The van der Waals surface area contributed by atoms with Crippen molar-refractivity contribution in [2.45, 2.75) is 25.4 Å². The van der Waals surface area contributed by atoms with E-state index in [0.29, 0.717) is 6.61 Å². The molecule has 2 unspecified atom stereocenters. The maximum atomic E-state index is 9.18. The summed E-state index contributed by atoms with van der Waals surface area (Å²) in [4.78, 5) is 0. The summed E-state index contributed by atoms with van der Waals surface area (Å²) >= 11 is 0. The van der Waals surface area contributed by atoms with Gasteiger partial charge in [0.2, 0.25) is 0 Å². The monoisotopic (exact) mass is 239 g/mol. The summed E-state index contributed by atoms with van der Waals surface area (Å²) < 4.78 is 5.01. The van der Waals surface area contributed by atoms with Gasteiger partial charge in [0.05, 0.1) is 19.3 Å². The largest absolute Gasteiger partial charge is 0.508 e. The molecule has 0 aliphatic heterocycles. The molecule has 0 saturated heterocycles. The quantitative estimate of drug-likeness (QED) is 0.662. The van der Waals surface area contributed by atoms with E-state index in [0.717, 1.165) is 12.0 Å². The number of aliphatic hydroxyl groups is 1. The minimum absolute atomic E-state index is 0.0351. The Balaban J connectivity index is 2.42. The van der Waals surface area contributed by atoms with Crippen LogP contribution in [0.1, 0.15) is 12.5 Å². The number of benzene rings is 1. The molecule has 1 rings (SSSR count). The third-order valence-electron chi connectivity index (χ3n) is 2.59. The Kier molecular flexibility index (Phi) is 5.97. The van der Waals surface area contributed by atoms with Gasteiger partial charge in [-0.3, -0.25) is 0 Å². The maximum Gasteiger partial charge on any atom is 0.115 e. The first-order valence-electron chi connectivity index (χ1n) is 5.79. The molecule has 3 N–H and O–H groups in total. The minimum Gasteiger partial charge on any atom is -0.508 e. The number of aliphatic hydroxyl groups excluding tert-OH is 1. The van der Waals surface area contributed by atoms with Crippen LogP contribution < -0.4 is 5.32 Å². The molecule has 17 heavy (non-hydrogen) atoms.